The van der Waals surface area contributed by atoms with Gasteiger partial charge in [-0.1, -0.05) is 59.9 Å². The predicted molar refractivity (Wildman–Crippen MR) is 157 cm³/mol. The second-order valence-corrected chi connectivity index (χ2v) is 11.7. The van der Waals surface area contributed by atoms with Gasteiger partial charge in [-0.2, -0.15) is 4.99 Å². The molecule has 0 aliphatic carbocycles. The molecule has 200 valence electrons. The maximum absolute atomic E-state index is 13.3. The number of fused-ring (bicyclic) bond motifs is 3. The van der Waals surface area contributed by atoms with Crippen molar-refractivity contribution in [2.45, 2.75) is 25.3 Å². The minimum atomic E-state index is -3.79. The number of para-hydroxylation sites is 1. The molecule has 0 saturated carbocycles. The standard InChI is InChI=1S/C30H29N3O4S2/c1-3-33(24-11-6-5-7-12-24)39(35,36)25-17-14-23(15-18-25)29(34)31-30-32(20-21-37-4-2)27-19-16-22-10-8-9-13-26(22)28(27)38-30/h5-19H,3-4,20-21H2,1-2H3. The summed E-state index contributed by atoms with van der Waals surface area (Å²) in [4.78, 5) is 18.4. The molecule has 39 heavy (non-hydrogen) atoms. The van der Waals surface area contributed by atoms with Gasteiger partial charge in [0.15, 0.2) is 4.80 Å². The number of hydrogen-bond acceptors (Lipinski definition) is 5. The van der Waals surface area contributed by atoms with Crippen molar-refractivity contribution in [1.82, 2.24) is 4.57 Å². The first-order valence-corrected chi connectivity index (χ1v) is 15.1. The van der Waals surface area contributed by atoms with Crippen LogP contribution in [0.15, 0.2) is 101 Å². The Labute approximate surface area is 231 Å². The zero-order valence-electron chi connectivity index (χ0n) is 21.8. The molecule has 1 heterocycles. The molecule has 5 aromatic rings. The molecule has 0 N–H and O–H groups in total. The third-order valence-corrected chi connectivity index (χ3v) is 9.50. The van der Waals surface area contributed by atoms with E-state index in [9.17, 15) is 13.2 Å². The number of carbonyl (C=O) groups excluding carboxylic acids is 1. The third kappa shape index (κ3) is 5.38. The van der Waals surface area contributed by atoms with Crippen LogP contribution in [-0.4, -0.2) is 38.7 Å². The van der Waals surface area contributed by atoms with Crippen molar-refractivity contribution in [2.24, 2.45) is 4.99 Å². The summed E-state index contributed by atoms with van der Waals surface area (Å²) < 4.78 is 36.6. The molecule has 0 spiro atoms. The third-order valence-electron chi connectivity index (χ3n) is 6.46. The topological polar surface area (TPSA) is 81.0 Å². The van der Waals surface area contributed by atoms with Crippen LogP contribution < -0.4 is 9.11 Å². The molecular weight excluding hydrogens is 530 g/mol. The van der Waals surface area contributed by atoms with Crippen molar-refractivity contribution in [3.05, 3.63) is 101 Å². The molecule has 0 atom stereocenters. The van der Waals surface area contributed by atoms with Crippen LogP contribution in [0.5, 0.6) is 0 Å². The second-order valence-electron chi connectivity index (χ2n) is 8.81. The van der Waals surface area contributed by atoms with E-state index in [1.165, 1.54) is 39.9 Å². The summed E-state index contributed by atoms with van der Waals surface area (Å²) in [5.41, 5.74) is 1.89. The van der Waals surface area contributed by atoms with Gasteiger partial charge in [0.05, 0.1) is 27.4 Å². The van der Waals surface area contributed by atoms with Gasteiger partial charge in [0.25, 0.3) is 15.9 Å². The van der Waals surface area contributed by atoms with Gasteiger partial charge < -0.3 is 9.30 Å². The van der Waals surface area contributed by atoms with Crippen molar-refractivity contribution < 1.29 is 17.9 Å². The lowest BCUT2D eigenvalue weighted by atomic mass is 10.1. The number of sulfonamides is 1. The molecule has 0 aliphatic rings. The molecule has 1 amide bonds. The van der Waals surface area contributed by atoms with Gasteiger partial charge in [-0.15, -0.1) is 0 Å². The molecule has 0 radical (unpaired) electrons. The highest BCUT2D eigenvalue weighted by atomic mass is 32.2. The van der Waals surface area contributed by atoms with Crippen LogP contribution in [0.3, 0.4) is 0 Å². The molecule has 4 aromatic carbocycles. The van der Waals surface area contributed by atoms with Crippen LogP contribution >= 0.6 is 11.3 Å². The largest absolute Gasteiger partial charge is 0.380 e. The molecule has 1 aromatic heterocycles. The summed E-state index contributed by atoms with van der Waals surface area (Å²) in [5.74, 6) is -0.435. The quantitative estimate of drug-likeness (QED) is 0.212. The normalized spacial score (nSPS) is 12.3. The van der Waals surface area contributed by atoms with Gasteiger partial charge in [-0.3, -0.25) is 9.10 Å². The molecule has 0 fully saturated rings. The molecule has 5 rings (SSSR count). The van der Waals surface area contributed by atoms with Gasteiger partial charge in [0.1, 0.15) is 0 Å². The Morgan fingerprint density at radius 1 is 0.923 bits per heavy atom. The van der Waals surface area contributed by atoms with Crippen molar-refractivity contribution in [2.75, 3.05) is 24.1 Å². The van der Waals surface area contributed by atoms with Crippen LogP contribution in [0.25, 0.3) is 21.0 Å². The number of amides is 1. The van der Waals surface area contributed by atoms with Crippen LogP contribution in [0, 0.1) is 0 Å². The van der Waals surface area contributed by atoms with E-state index in [-0.39, 0.29) is 11.4 Å². The Kier molecular flexibility index (Phi) is 7.92. The average molecular weight is 560 g/mol. The van der Waals surface area contributed by atoms with Gasteiger partial charge in [-0.25, -0.2) is 8.42 Å². The summed E-state index contributed by atoms with van der Waals surface area (Å²) in [7, 11) is -3.79. The zero-order valence-corrected chi connectivity index (χ0v) is 23.4. The van der Waals surface area contributed by atoms with Crippen LogP contribution in [0.1, 0.15) is 24.2 Å². The number of thiazole rings is 1. The summed E-state index contributed by atoms with van der Waals surface area (Å²) in [6, 6.07) is 27.2. The fourth-order valence-corrected chi connectivity index (χ4v) is 7.20. The number of rotatable bonds is 9. The number of hydrogen-bond donors (Lipinski definition) is 0. The van der Waals surface area contributed by atoms with E-state index in [4.69, 9.17) is 4.74 Å². The maximum atomic E-state index is 13.3. The van der Waals surface area contributed by atoms with Gasteiger partial charge in [-0.05, 0) is 61.7 Å². The first-order valence-electron chi connectivity index (χ1n) is 12.8. The van der Waals surface area contributed by atoms with Gasteiger partial charge >= 0.3 is 0 Å². The fourth-order valence-electron chi connectivity index (χ4n) is 4.53. The second kappa shape index (κ2) is 11.5. The fraction of sp³-hybridized carbons (Fsp3) is 0.200. The minimum absolute atomic E-state index is 0.116. The average Bonchev–Trinajstić information content (AvgIpc) is 3.31. The molecular formula is C30H29N3O4S2. The van der Waals surface area contributed by atoms with Crippen molar-refractivity contribution in [3.8, 4) is 0 Å². The Hall–Kier alpha value is -3.79. The first-order chi connectivity index (χ1) is 18.9. The highest BCUT2D eigenvalue weighted by Crippen LogP contribution is 2.28. The van der Waals surface area contributed by atoms with E-state index in [0.29, 0.717) is 35.8 Å². The highest BCUT2D eigenvalue weighted by molar-refractivity contribution is 7.92. The summed E-state index contributed by atoms with van der Waals surface area (Å²) in [6.45, 7) is 5.68. The monoisotopic (exact) mass is 559 g/mol. The van der Waals surface area contributed by atoms with E-state index in [2.05, 4.69) is 29.3 Å². The number of carbonyl (C=O) groups is 1. The maximum Gasteiger partial charge on any atom is 0.279 e. The molecule has 0 bridgehead atoms. The number of aromatic nitrogens is 1. The van der Waals surface area contributed by atoms with Crippen LogP contribution in [0.2, 0.25) is 0 Å². The molecule has 7 nitrogen and oxygen atoms in total. The number of anilines is 1. The molecule has 0 aliphatic heterocycles. The summed E-state index contributed by atoms with van der Waals surface area (Å²) >= 11 is 1.46. The van der Waals surface area contributed by atoms with Gasteiger partial charge in [0, 0.05) is 30.6 Å². The molecule has 0 unspecified atom stereocenters. The summed E-state index contributed by atoms with van der Waals surface area (Å²) in [6.07, 6.45) is 0. The van der Waals surface area contributed by atoms with Gasteiger partial charge in [0.2, 0.25) is 0 Å². The van der Waals surface area contributed by atoms with Crippen LogP contribution in [0.4, 0.5) is 5.69 Å². The van der Waals surface area contributed by atoms with Crippen molar-refractivity contribution in [1.29, 1.82) is 0 Å². The van der Waals surface area contributed by atoms with E-state index in [1.54, 1.807) is 31.2 Å². The van der Waals surface area contributed by atoms with E-state index in [0.717, 1.165) is 21.0 Å². The van der Waals surface area contributed by atoms with Crippen LogP contribution in [-0.2, 0) is 21.3 Å². The van der Waals surface area contributed by atoms with Crippen molar-refractivity contribution in [3.63, 3.8) is 0 Å². The summed E-state index contributed by atoms with van der Waals surface area (Å²) in [5, 5.41) is 2.22. The Morgan fingerprint density at radius 2 is 1.64 bits per heavy atom. The lowest BCUT2D eigenvalue weighted by molar-refractivity contribution is 0.0996. The van der Waals surface area contributed by atoms with E-state index >= 15 is 0 Å². The zero-order chi connectivity index (χ0) is 27.4. The Morgan fingerprint density at radius 3 is 2.36 bits per heavy atom. The smallest absolute Gasteiger partial charge is 0.279 e. The highest BCUT2D eigenvalue weighted by Gasteiger charge is 2.23. The first kappa shape index (κ1) is 26.8. The molecule has 0 saturated heterocycles. The Balaban J connectivity index is 1.50. The van der Waals surface area contributed by atoms with E-state index < -0.39 is 15.9 Å². The minimum Gasteiger partial charge on any atom is -0.380 e. The molecule has 9 heteroatoms. The number of nitrogens with zero attached hydrogens (tertiary/aromatic N) is 3. The Bertz CT molecular complexity index is 1790. The lowest BCUT2D eigenvalue weighted by Gasteiger charge is -2.22. The predicted octanol–water partition coefficient (Wildman–Crippen LogP) is 5.85. The number of ether oxygens (including phenoxy) is 1. The lowest BCUT2D eigenvalue weighted by Crippen LogP contribution is -2.30. The van der Waals surface area contributed by atoms with E-state index in [1.807, 2.05) is 29.7 Å². The van der Waals surface area contributed by atoms with Crippen molar-refractivity contribution >= 4 is 53.9 Å². The number of benzene rings is 4. The SMILES string of the molecule is CCOCCn1c(=NC(=O)c2ccc(S(=O)(=O)N(CC)c3ccccc3)cc2)sc2c3ccccc3ccc21.